The van der Waals surface area contributed by atoms with Gasteiger partial charge in [-0.15, -0.1) is 11.8 Å². The van der Waals surface area contributed by atoms with Gasteiger partial charge in [-0.2, -0.15) is 0 Å². The van der Waals surface area contributed by atoms with E-state index in [4.69, 9.17) is 0 Å². The van der Waals surface area contributed by atoms with Crippen LogP contribution in [0.2, 0.25) is 0 Å². The van der Waals surface area contributed by atoms with Gasteiger partial charge in [-0.05, 0) is 64.6 Å². The second-order valence-electron chi connectivity index (χ2n) is 5.22. The molecule has 0 aliphatic heterocycles. The van der Waals surface area contributed by atoms with E-state index in [1.165, 1.54) is 0 Å². The largest absolute Gasteiger partial charge is 0.325 e. The first-order chi connectivity index (χ1) is 11.7. The van der Waals surface area contributed by atoms with Crippen molar-refractivity contribution in [1.29, 1.82) is 0 Å². The van der Waals surface area contributed by atoms with Crippen LogP contribution in [0.5, 0.6) is 0 Å². The second kappa shape index (κ2) is 8.35. The van der Waals surface area contributed by atoms with E-state index in [9.17, 15) is 4.79 Å². The lowest BCUT2D eigenvalue weighted by atomic mass is 10.1. The maximum absolute atomic E-state index is 12.9. The topological polar surface area (TPSA) is 29.1 Å². The molecule has 3 rings (SSSR count). The summed E-state index contributed by atoms with van der Waals surface area (Å²) in [6.07, 6.45) is 0. The quantitative estimate of drug-likeness (QED) is 0.400. The lowest BCUT2D eigenvalue weighted by Crippen LogP contribution is -2.19. The van der Waals surface area contributed by atoms with Crippen LogP contribution in [-0.2, 0) is 4.79 Å². The molecule has 0 radical (unpaired) electrons. The summed E-state index contributed by atoms with van der Waals surface area (Å²) in [6, 6.07) is 27.7. The van der Waals surface area contributed by atoms with Crippen LogP contribution in [-0.4, -0.2) is 5.91 Å². The highest BCUT2D eigenvalue weighted by atomic mass is 127. The van der Waals surface area contributed by atoms with Gasteiger partial charge in [0.2, 0.25) is 5.91 Å². The number of carbonyl (C=O) groups excluding carboxylic acids is 1. The average Bonchev–Trinajstić information content (AvgIpc) is 2.63. The van der Waals surface area contributed by atoms with Gasteiger partial charge < -0.3 is 5.32 Å². The molecule has 1 atom stereocenters. The van der Waals surface area contributed by atoms with Crippen molar-refractivity contribution in [2.24, 2.45) is 0 Å². The van der Waals surface area contributed by atoms with Gasteiger partial charge in [0.05, 0.1) is 0 Å². The van der Waals surface area contributed by atoms with Gasteiger partial charge in [-0.3, -0.25) is 4.79 Å². The Bertz CT molecular complexity index is 791. The maximum Gasteiger partial charge on any atom is 0.242 e. The average molecular weight is 445 g/mol. The molecule has 24 heavy (non-hydrogen) atoms. The Balaban J connectivity index is 1.83. The number of hydrogen-bond acceptors (Lipinski definition) is 2. The number of benzene rings is 3. The Hall–Kier alpha value is -1.79. The fourth-order valence-electron chi connectivity index (χ4n) is 2.28. The van der Waals surface area contributed by atoms with Crippen molar-refractivity contribution in [1.82, 2.24) is 0 Å². The molecule has 0 aliphatic carbocycles. The zero-order valence-electron chi connectivity index (χ0n) is 12.9. The Morgan fingerprint density at radius 2 is 1.42 bits per heavy atom. The number of amides is 1. The second-order valence-corrected chi connectivity index (χ2v) is 7.64. The molecule has 4 heteroatoms. The summed E-state index contributed by atoms with van der Waals surface area (Å²) >= 11 is 3.81. The molecule has 120 valence electrons. The minimum Gasteiger partial charge on any atom is -0.325 e. The summed E-state index contributed by atoms with van der Waals surface area (Å²) in [5, 5.41) is 2.73. The normalized spacial score (nSPS) is 11.7. The van der Waals surface area contributed by atoms with Gasteiger partial charge in [0, 0.05) is 14.2 Å². The van der Waals surface area contributed by atoms with Gasteiger partial charge in [0.15, 0.2) is 0 Å². The van der Waals surface area contributed by atoms with Crippen LogP contribution in [0.15, 0.2) is 89.8 Å². The molecule has 0 fully saturated rings. The predicted octanol–water partition coefficient (Wildman–Crippen LogP) is 5.76. The van der Waals surface area contributed by atoms with Gasteiger partial charge in [0.25, 0.3) is 0 Å². The van der Waals surface area contributed by atoms with Gasteiger partial charge >= 0.3 is 0 Å². The molecule has 0 bridgehead atoms. The molecule has 3 aromatic rings. The number of hydrogen-bond donors (Lipinski definition) is 1. The first-order valence-corrected chi connectivity index (χ1v) is 9.51. The van der Waals surface area contributed by atoms with Crippen LogP contribution in [0.4, 0.5) is 5.69 Å². The van der Waals surface area contributed by atoms with Crippen LogP contribution in [0.1, 0.15) is 10.8 Å². The highest BCUT2D eigenvalue weighted by Gasteiger charge is 2.22. The Labute approximate surface area is 159 Å². The number of carbonyl (C=O) groups is 1. The monoisotopic (exact) mass is 445 g/mol. The van der Waals surface area contributed by atoms with Gasteiger partial charge in [0.1, 0.15) is 5.25 Å². The van der Waals surface area contributed by atoms with E-state index in [0.717, 1.165) is 19.7 Å². The molecule has 3 aromatic carbocycles. The molecular weight excluding hydrogens is 429 g/mol. The molecule has 1 N–H and O–H groups in total. The van der Waals surface area contributed by atoms with Crippen molar-refractivity contribution in [3.63, 3.8) is 0 Å². The van der Waals surface area contributed by atoms with Crippen molar-refractivity contribution >= 4 is 45.9 Å². The smallest absolute Gasteiger partial charge is 0.242 e. The standard InChI is InChI=1S/C20H16INOS/c21-16-11-13-17(14-12-16)22-20(23)19(15-7-3-1-4-8-15)24-18-9-5-2-6-10-18/h1-14,19H,(H,22,23). The minimum absolute atomic E-state index is 0.0174. The molecule has 1 amide bonds. The molecule has 0 aliphatic rings. The third-order valence-corrected chi connectivity index (χ3v) is 5.43. The molecular formula is C20H16INOS. The zero-order valence-corrected chi connectivity index (χ0v) is 15.8. The summed E-state index contributed by atoms with van der Waals surface area (Å²) in [7, 11) is 0. The summed E-state index contributed by atoms with van der Waals surface area (Å²) in [6.45, 7) is 0. The molecule has 0 heterocycles. The van der Waals surface area contributed by atoms with E-state index in [1.54, 1.807) is 11.8 Å². The van der Waals surface area contributed by atoms with Crippen molar-refractivity contribution in [3.05, 3.63) is 94.1 Å². The number of nitrogens with one attached hydrogen (secondary N) is 1. The van der Waals surface area contributed by atoms with Crippen LogP contribution in [0.3, 0.4) is 0 Å². The lowest BCUT2D eigenvalue weighted by Gasteiger charge is -2.17. The molecule has 2 nitrogen and oxygen atoms in total. The van der Waals surface area contributed by atoms with E-state index in [2.05, 4.69) is 27.9 Å². The highest BCUT2D eigenvalue weighted by molar-refractivity contribution is 14.1. The van der Waals surface area contributed by atoms with E-state index < -0.39 is 0 Å². The van der Waals surface area contributed by atoms with Crippen molar-refractivity contribution in [2.45, 2.75) is 10.1 Å². The SMILES string of the molecule is O=C(Nc1ccc(I)cc1)C(Sc1ccccc1)c1ccccc1. The third-order valence-electron chi connectivity index (χ3n) is 3.45. The van der Waals surface area contributed by atoms with Crippen LogP contribution >= 0.6 is 34.4 Å². The van der Waals surface area contributed by atoms with Crippen molar-refractivity contribution < 1.29 is 4.79 Å². The molecule has 0 saturated carbocycles. The van der Waals surface area contributed by atoms with Crippen LogP contribution in [0.25, 0.3) is 0 Å². The maximum atomic E-state index is 12.9. The van der Waals surface area contributed by atoms with E-state index >= 15 is 0 Å². The lowest BCUT2D eigenvalue weighted by molar-refractivity contribution is -0.115. The summed E-state index contributed by atoms with van der Waals surface area (Å²) in [4.78, 5) is 13.9. The van der Waals surface area contributed by atoms with Crippen LogP contribution < -0.4 is 5.32 Å². The molecule has 1 unspecified atom stereocenters. The fourth-order valence-corrected chi connectivity index (χ4v) is 3.68. The Morgan fingerprint density at radius 3 is 2.04 bits per heavy atom. The first-order valence-electron chi connectivity index (χ1n) is 7.55. The first kappa shape index (κ1) is 17.0. The number of thioether (sulfide) groups is 1. The van der Waals surface area contributed by atoms with Crippen LogP contribution in [0, 0.1) is 3.57 Å². The molecule has 0 aromatic heterocycles. The number of halogens is 1. The number of anilines is 1. The number of rotatable bonds is 5. The Morgan fingerprint density at radius 1 is 0.833 bits per heavy atom. The molecule has 0 saturated heterocycles. The fraction of sp³-hybridized carbons (Fsp3) is 0.0500. The zero-order chi connectivity index (χ0) is 16.8. The highest BCUT2D eigenvalue weighted by Crippen LogP contribution is 2.36. The summed E-state index contributed by atoms with van der Waals surface area (Å²) in [5.74, 6) is -0.0174. The molecule has 0 spiro atoms. The summed E-state index contributed by atoms with van der Waals surface area (Å²) < 4.78 is 1.14. The van der Waals surface area contributed by atoms with Gasteiger partial charge in [-0.25, -0.2) is 0 Å². The predicted molar refractivity (Wildman–Crippen MR) is 109 cm³/mol. The Kier molecular flexibility index (Phi) is 5.93. The minimum atomic E-state index is -0.298. The van der Waals surface area contributed by atoms with Crippen molar-refractivity contribution in [2.75, 3.05) is 5.32 Å². The third kappa shape index (κ3) is 4.61. The van der Waals surface area contributed by atoms with Gasteiger partial charge in [-0.1, -0.05) is 48.5 Å². The van der Waals surface area contributed by atoms with E-state index in [1.807, 2.05) is 84.9 Å². The van der Waals surface area contributed by atoms with Crippen molar-refractivity contribution in [3.8, 4) is 0 Å². The summed E-state index contributed by atoms with van der Waals surface area (Å²) in [5.41, 5.74) is 1.81. The van der Waals surface area contributed by atoms with E-state index in [-0.39, 0.29) is 11.2 Å². The van der Waals surface area contributed by atoms with E-state index in [0.29, 0.717) is 0 Å².